The molecule has 1 atom stereocenters. The number of hydrogen-bond donors (Lipinski definition) is 1. The van der Waals surface area contributed by atoms with E-state index in [4.69, 9.17) is 5.73 Å². The number of ether oxygens (including phenoxy) is 1. The zero-order chi connectivity index (χ0) is 13.8. The summed E-state index contributed by atoms with van der Waals surface area (Å²) < 4.78 is 39.1. The Morgan fingerprint density at radius 2 is 1.78 bits per heavy atom. The van der Waals surface area contributed by atoms with Crippen molar-refractivity contribution in [3.8, 4) is 0 Å². The molecule has 0 saturated carbocycles. The van der Waals surface area contributed by atoms with Gasteiger partial charge < -0.3 is 10.5 Å². The van der Waals surface area contributed by atoms with Crippen LogP contribution in [0.1, 0.15) is 18.0 Å². The van der Waals surface area contributed by atoms with Gasteiger partial charge in [-0.1, -0.05) is 30.3 Å². The molecule has 0 bridgehead atoms. The molecule has 0 spiro atoms. The maximum absolute atomic E-state index is 11.8. The van der Waals surface area contributed by atoms with Crippen molar-refractivity contribution in [2.24, 2.45) is 5.73 Å². The van der Waals surface area contributed by atoms with Gasteiger partial charge in [-0.3, -0.25) is 4.79 Å². The van der Waals surface area contributed by atoms with Crippen LogP contribution in [0, 0.1) is 0 Å². The lowest BCUT2D eigenvalue weighted by Crippen LogP contribution is -2.29. The average Bonchev–Trinajstić information content (AvgIpc) is 2.28. The Bertz CT molecular complexity index is 431. The predicted octanol–water partition coefficient (Wildman–Crippen LogP) is 1.71. The van der Waals surface area contributed by atoms with E-state index >= 15 is 0 Å². The van der Waals surface area contributed by atoms with E-state index < -0.39 is 30.6 Å². The van der Waals surface area contributed by atoms with E-state index in [0.29, 0.717) is 5.56 Å². The molecular formula is C11H10F3NO3. The van der Waals surface area contributed by atoms with Crippen molar-refractivity contribution in [1.29, 1.82) is 0 Å². The summed E-state index contributed by atoms with van der Waals surface area (Å²) in [5.41, 5.74) is 6.15. The average molecular weight is 261 g/mol. The maximum Gasteiger partial charge on any atom is 0.491 e. The standard InChI is InChI=1S/C11H10F3NO3/c12-11(13,14)10(17)18-9(16)6-8(15)7-4-2-1-3-5-7/h1-5,8H,6,15H2. The molecule has 0 aromatic heterocycles. The van der Waals surface area contributed by atoms with E-state index in [2.05, 4.69) is 4.74 Å². The highest BCUT2D eigenvalue weighted by atomic mass is 19.4. The van der Waals surface area contributed by atoms with Gasteiger partial charge in [-0.05, 0) is 5.56 Å². The number of esters is 2. The number of carbonyl (C=O) groups is 2. The molecule has 0 heterocycles. The Labute approximate surface area is 101 Å². The molecule has 18 heavy (non-hydrogen) atoms. The van der Waals surface area contributed by atoms with Crippen molar-refractivity contribution in [3.63, 3.8) is 0 Å². The van der Waals surface area contributed by atoms with Gasteiger partial charge in [0.2, 0.25) is 0 Å². The minimum atomic E-state index is -5.19. The topological polar surface area (TPSA) is 69.4 Å². The fraction of sp³-hybridized carbons (Fsp3) is 0.273. The first kappa shape index (κ1) is 14.2. The van der Waals surface area contributed by atoms with Crippen LogP contribution in [0.5, 0.6) is 0 Å². The number of rotatable bonds is 3. The summed E-state index contributed by atoms with van der Waals surface area (Å²) in [6, 6.07) is 7.47. The molecule has 2 N–H and O–H groups in total. The highest BCUT2D eigenvalue weighted by Crippen LogP contribution is 2.18. The number of carbonyl (C=O) groups excluding carboxylic acids is 2. The first-order valence-electron chi connectivity index (χ1n) is 4.93. The zero-order valence-electron chi connectivity index (χ0n) is 9.11. The molecule has 1 unspecified atom stereocenters. The summed E-state index contributed by atoms with van der Waals surface area (Å²) >= 11 is 0. The maximum atomic E-state index is 11.8. The molecule has 7 heteroatoms. The number of benzene rings is 1. The van der Waals surface area contributed by atoms with E-state index in [1.54, 1.807) is 30.3 Å². The third kappa shape index (κ3) is 4.17. The van der Waals surface area contributed by atoms with Crippen LogP contribution in [0.3, 0.4) is 0 Å². The predicted molar refractivity (Wildman–Crippen MR) is 55.1 cm³/mol. The number of hydrogen-bond acceptors (Lipinski definition) is 4. The van der Waals surface area contributed by atoms with Gasteiger partial charge in [0.1, 0.15) is 0 Å². The van der Waals surface area contributed by atoms with Crippen LogP contribution in [0.4, 0.5) is 13.2 Å². The lowest BCUT2D eigenvalue weighted by atomic mass is 10.1. The molecule has 1 rings (SSSR count). The molecule has 0 aliphatic carbocycles. The summed E-state index contributed by atoms with van der Waals surface area (Å²) in [6.07, 6.45) is -5.70. The molecule has 4 nitrogen and oxygen atoms in total. The highest BCUT2D eigenvalue weighted by Gasteiger charge is 2.42. The SMILES string of the molecule is NC(CC(=O)OC(=O)C(F)(F)F)c1ccccc1. The molecule has 98 valence electrons. The molecule has 0 aliphatic rings. The van der Waals surface area contributed by atoms with Crippen LogP contribution in [0.15, 0.2) is 30.3 Å². The molecular weight excluding hydrogens is 251 g/mol. The smallest absolute Gasteiger partial charge is 0.386 e. The van der Waals surface area contributed by atoms with Crippen molar-refractivity contribution < 1.29 is 27.5 Å². The van der Waals surface area contributed by atoms with Crippen molar-refractivity contribution in [1.82, 2.24) is 0 Å². The first-order chi connectivity index (χ1) is 8.30. The second kappa shape index (κ2) is 5.63. The number of halogens is 3. The second-order valence-electron chi connectivity index (χ2n) is 3.48. The Kier molecular flexibility index (Phi) is 4.43. The highest BCUT2D eigenvalue weighted by molar-refractivity contribution is 5.88. The quantitative estimate of drug-likeness (QED) is 0.664. The van der Waals surface area contributed by atoms with Crippen LogP contribution in [0.25, 0.3) is 0 Å². The van der Waals surface area contributed by atoms with Crippen molar-refractivity contribution in [3.05, 3.63) is 35.9 Å². The van der Waals surface area contributed by atoms with Crippen molar-refractivity contribution in [2.75, 3.05) is 0 Å². The van der Waals surface area contributed by atoms with Gasteiger partial charge in [0.15, 0.2) is 0 Å². The molecule has 1 aromatic rings. The fourth-order valence-electron chi connectivity index (χ4n) is 1.20. The summed E-state index contributed by atoms with van der Waals surface area (Å²) in [6.45, 7) is 0. The molecule has 0 aliphatic heterocycles. The third-order valence-corrected chi connectivity index (χ3v) is 2.05. The van der Waals surface area contributed by atoms with Gasteiger partial charge in [-0.2, -0.15) is 13.2 Å². The van der Waals surface area contributed by atoms with Gasteiger partial charge in [0.25, 0.3) is 0 Å². The Morgan fingerprint density at radius 1 is 1.22 bits per heavy atom. The van der Waals surface area contributed by atoms with Gasteiger partial charge in [0.05, 0.1) is 6.42 Å². The molecule has 0 saturated heterocycles. The Balaban J connectivity index is 2.54. The summed E-state index contributed by atoms with van der Waals surface area (Å²) in [5, 5.41) is 0. The van der Waals surface area contributed by atoms with E-state index in [1.165, 1.54) is 0 Å². The van der Waals surface area contributed by atoms with E-state index in [1.807, 2.05) is 0 Å². The second-order valence-corrected chi connectivity index (χ2v) is 3.48. The summed E-state index contributed by atoms with van der Waals surface area (Å²) in [5.74, 6) is -3.85. The molecule has 1 aromatic carbocycles. The number of nitrogens with two attached hydrogens (primary N) is 1. The van der Waals surface area contributed by atoms with Crippen LogP contribution >= 0.6 is 0 Å². The van der Waals surface area contributed by atoms with Gasteiger partial charge in [-0.25, -0.2) is 4.79 Å². The minimum absolute atomic E-state index is 0.508. The van der Waals surface area contributed by atoms with Crippen LogP contribution < -0.4 is 5.73 Å². The van der Waals surface area contributed by atoms with E-state index in [0.717, 1.165) is 0 Å². The molecule has 0 amide bonds. The first-order valence-corrected chi connectivity index (χ1v) is 4.93. The summed E-state index contributed by atoms with van der Waals surface area (Å²) in [4.78, 5) is 21.4. The third-order valence-electron chi connectivity index (χ3n) is 2.05. The lowest BCUT2D eigenvalue weighted by molar-refractivity contribution is -0.201. The van der Waals surface area contributed by atoms with Crippen molar-refractivity contribution in [2.45, 2.75) is 18.6 Å². The van der Waals surface area contributed by atoms with Crippen molar-refractivity contribution >= 4 is 11.9 Å². The largest absolute Gasteiger partial charge is 0.491 e. The van der Waals surface area contributed by atoms with Crippen LogP contribution in [0.2, 0.25) is 0 Å². The lowest BCUT2D eigenvalue weighted by Gasteiger charge is -2.11. The number of alkyl halides is 3. The fourth-order valence-corrected chi connectivity index (χ4v) is 1.20. The monoisotopic (exact) mass is 261 g/mol. The van der Waals surface area contributed by atoms with Gasteiger partial charge >= 0.3 is 18.1 Å². The van der Waals surface area contributed by atoms with Gasteiger partial charge in [0, 0.05) is 6.04 Å². The molecule has 0 fully saturated rings. The minimum Gasteiger partial charge on any atom is -0.386 e. The van der Waals surface area contributed by atoms with Gasteiger partial charge in [-0.15, -0.1) is 0 Å². The van der Waals surface area contributed by atoms with Crippen LogP contribution in [-0.2, 0) is 14.3 Å². The zero-order valence-corrected chi connectivity index (χ0v) is 9.11. The Morgan fingerprint density at radius 3 is 2.28 bits per heavy atom. The summed E-state index contributed by atoms with van der Waals surface area (Å²) in [7, 11) is 0. The van der Waals surface area contributed by atoms with Crippen LogP contribution in [-0.4, -0.2) is 18.1 Å². The normalized spacial score (nSPS) is 12.9. The molecule has 0 radical (unpaired) electrons. The van der Waals surface area contributed by atoms with E-state index in [-0.39, 0.29) is 0 Å². The Hall–Kier alpha value is -1.89. The van der Waals surface area contributed by atoms with E-state index in [9.17, 15) is 22.8 Å².